The molecule has 0 saturated heterocycles. The Balaban J connectivity index is 2.29. The number of halogens is 1. The normalized spacial score (nSPS) is 11.0. The number of nitrogens with zero attached hydrogens (tertiary/aromatic N) is 2. The van der Waals surface area contributed by atoms with Gasteiger partial charge in [0.05, 0.1) is 16.6 Å². The van der Waals surface area contributed by atoms with Gasteiger partial charge in [0.1, 0.15) is 11.6 Å². The third-order valence-electron chi connectivity index (χ3n) is 3.37. The van der Waals surface area contributed by atoms with Gasteiger partial charge in [-0.1, -0.05) is 6.92 Å². The summed E-state index contributed by atoms with van der Waals surface area (Å²) in [6.07, 6.45) is 0.689. The number of hydrogen-bond acceptors (Lipinski definition) is 2. The van der Waals surface area contributed by atoms with Crippen molar-refractivity contribution in [3.8, 4) is 5.69 Å². The lowest BCUT2D eigenvalue weighted by atomic mass is 10.2. The Bertz CT molecular complexity index is 822. The maximum absolute atomic E-state index is 13.1. The van der Waals surface area contributed by atoms with E-state index in [1.165, 1.54) is 18.2 Å². The Morgan fingerprint density at radius 1 is 1.24 bits per heavy atom. The van der Waals surface area contributed by atoms with Gasteiger partial charge in [-0.05, 0) is 42.5 Å². The maximum Gasteiger partial charge on any atom is 0.335 e. The molecule has 3 rings (SSSR count). The number of aromatic carboxylic acids is 1. The second kappa shape index (κ2) is 5.01. The van der Waals surface area contributed by atoms with Crippen LogP contribution < -0.4 is 0 Å². The van der Waals surface area contributed by atoms with Crippen molar-refractivity contribution in [2.75, 3.05) is 0 Å². The lowest BCUT2D eigenvalue weighted by Crippen LogP contribution is -2.01. The summed E-state index contributed by atoms with van der Waals surface area (Å²) in [5.41, 5.74) is 2.39. The predicted octanol–water partition coefficient (Wildman–Crippen LogP) is 3.43. The topological polar surface area (TPSA) is 55.1 Å². The van der Waals surface area contributed by atoms with Crippen molar-refractivity contribution in [3.05, 3.63) is 59.7 Å². The first-order valence-electron chi connectivity index (χ1n) is 6.60. The zero-order chi connectivity index (χ0) is 15.0. The fourth-order valence-corrected chi connectivity index (χ4v) is 2.37. The quantitative estimate of drug-likeness (QED) is 0.801. The van der Waals surface area contributed by atoms with Crippen LogP contribution in [0.2, 0.25) is 0 Å². The van der Waals surface area contributed by atoms with Gasteiger partial charge in [-0.25, -0.2) is 14.2 Å². The second-order valence-electron chi connectivity index (χ2n) is 4.70. The number of carboxylic acids is 1. The highest BCUT2D eigenvalue weighted by Crippen LogP contribution is 2.23. The molecule has 1 aromatic heterocycles. The molecule has 1 heterocycles. The van der Waals surface area contributed by atoms with E-state index in [4.69, 9.17) is 5.11 Å². The molecular formula is C16H13FN2O2. The summed E-state index contributed by atoms with van der Waals surface area (Å²) < 4.78 is 15.0. The number of benzene rings is 2. The second-order valence-corrected chi connectivity index (χ2v) is 4.70. The molecule has 0 aliphatic heterocycles. The lowest BCUT2D eigenvalue weighted by Gasteiger charge is -2.08. The first-order valence-corrected chi connectivity index (χ1v) is 6.60. The number of carbonyl (C=O) groups is 1. The molecule has 4 nitrogen and oxygen atoms in total. The number of carboxylic acid groups (broad SMARTS) is 1. The van der Waals surface area contributed by atoms with Gasteiger partial charge in [0, 0.05) is 12.1 Å². The molecule has 0 spiro atoms. The molecule has 0 amide bonds. The third kappa shape index (κ3) is 2.27. The average molecular weight is 284 g/mol. The predicted molar refractivity (Wildman–Crippen MR) is 77.4 cm³/mol. The van der Waals surface area contributed by atoms with Crippen molar-refractivity contribution < 1.29 is 14.3 Å². The van der Waals surface area contributed by atoms with E-state index in [2.05, 4.69) is 4.98 Å². The van der Waals surface area contributed by atoms with E-state index in [1.807, 2.05) is 11.5 Å². The van der Waals surface area contributed by atoms with Crippen molar-refractivity contribution in [3.63, 3.8) is 0 Å². The Morgan fingerprint density at radius 3 is 2.57 bits per heavy atom. The maximum atomic E-state index is 13.1. The molecule has 0 radical (unpaired) electrons. The molecule has 0 fully saturated rings. The molecule has 3 aromatic rings. The van der Waals surface area contributed by atoms with E-state index in [9.17, 15) is 9.18 Å². The highest BCUT2D eigenvalue weighted by atomic mass is 19.1. The molecular weight excluding hydrogens is 271 g/mol. The van der Waals surface area contributed by atoms with Crippen LogP contribution in [0.5, 0.6) is 0 Å². The van der Waals surface area contributed by atoms with E-state index in [0.717, 1.165) is 17.0 Å². The number of hydrogen-bond donors (Lipinski definition) is 1. The molecule has 0 aliphatic rings. The van der Waals surface area contributed by atoms with Gasteiger partial charge in [-0.2, -0.15) is 0 Å². The number of rotatable bonds is 3. The fraction of sp³-hybridized carbons (Fsp3) is 0.125. The Kier molecular flexibility index (Phi) is 3.17. The van der Waals surface area contributed by atoms with E-state index in [-0.39, 0.29) is 11.4 Å². The van der Waals surface area contributed by atoms with Crippen LogP contribution in [0, 0.1) is 5.82 Å². The molecule has 106 valence electrons. The lowest BCUT2D eigenvalue weighted by molar-refractivity contribution is 0.0697. The zero-order valence-electron chi connectivity index (χ0n) is 11.4. The van der Waals surface area contributed by atoms with E-state index in [0.29, 0.717) is 11.9 Å². The highest BCUT2D eigenvalue weighted by molar-refractivity contribution is 5.93. The Hall–Kier alpha value is -2.69. The van der Waals surface area contributed by atoms with E-state index >= 15 is 0 Å². The zero-order valence-corrected chi connectivity index (χ0v) is 11.4. The summed E-state index contributed by atoms with van der Waals surface area (Å²) in [5.74, 6) is -0.492. The standard InChI is InChI=1S/C16H13FN2O2/c1-2-15-18-13-8-3-10(16(20)21)9-14(13)19(15)12-6-4-11(17)5-7-12/h3-9H,2H2,1H3,(H,20,21). The molecule has 0 aliphatic carbocycles. The van der Waals surface area contributed by atoms with Gasteiger partial charge >= 0.3 is 5.97 Å². The molecule has 0 bridgehead atoms. The summed E-state index contributed by atoms with van der Waals surface area (Å²) in [5, 5.41) is 9.13. The average Bonchev–Trinajstić information content (AvgIpc) is 2.85. The van der Waals surface area contributed by atoms with Gasteiger partial charge in [-0.15, -0.1) is 0 Å². The molecule has 0 atom stereocenters. The molecule has 0 unspecified atom stereocenters. The van der Waals surface area contributed by atoms with Gasteiger partial charge < -0.3 is 5.11 Å². The van der Waals surface area contributed by atoms with Crippen LogP contribution >= 0.6 is 0 Å². The van der Waals surface area contributed by atoms with Crippen molar-refractivity contribution in [2.45, 2.75) is 13.3 Å². The van der Waals surface area contributed by atoms with E-state index in [1.54, 1.807) is 24.3 Å². The van der Waals surface area contributed by atoms with Crippen LogP contribution in [0.1, 0.15) is 23.1 Å². The summed E-state index contributed by atoms with van der Waals surface area (Å²) >= 11 is 0. The molecule has 2 aromatic carbocycles. The summed E-state index contributed by atoms with van der Waals surface area (Å²) in [7, 11) is 0. The van der Waals surface area contributed by atoms with Crippen LogP contribution in [-0.2, 0) is 6.42 Å². The Labute approximate surface area is 120 Å². The number of aromatic nitrogens is 2. The van der Waals surface area contributed by atoms with E-state index < -0.39 is 5.97 Å². The summed E-state index contributed by atoms with van der Waals surface area (Å²) in [6, 6.07) is 10.9. The SMILES string of the molecule is CCc1nc2ccc(C(=O)O)cc2n1-c1ccc(F)cc1. The van der Waals surface area contributed by atoms with Crippen LogP contribution in [0.15, 0.2) is 42.5 Å². The number of fused-ring (bicyclic) bond motifs is 1. The molecule has 21 heavy (non-hydrogen) atoms. The van der Waals surface area contributed by atoms with Crippen molar-refractivity contribution in [2.24, 2.45) is 0 Å². The van der Waals surface area contributed by atoms with Crippen LogP contribution in [0.25, 0.3) is 16.7 Å². The van der Waals surface area contributed by atoms with Crippen molar-refractivity contribution in [1.29, 1.82) is 0 Å². The monoisotopic (exact) mass is 284 g/mol. The number of imidazole rings is 1. The van der Waals surface area contributed by atoms with Crippen LogP contribution in [0.3, 0.4) is 0 Å². The van der Waals surface area contributed by atoms with Gasteiger partial charge in [-0.3, -0.25) is 4.57 Å². The van der Waals surface area contributed by atoms with Gasteiger partial charge in [0.15, 0.2) is 0 Å². The summed E-state index contributed by atoms with van der Waals surface area (Å²) in [4.78, 5) is 15.6. The highest BCUT2D eigenvalue weighted by Gasteiger charge is 2.13. The van der Waals surface area contributed by atoms with Crippen LogP contribution in [-0.4, -0.2) is 20.6 Å². The minimum absolute atomic E-state index is 0.202. The summed E-state index contributed by atoms with van der Waals surface area (Å²) in [6.45, 7) is 1.97. The molecule has 5 heteroatoms. The number of aryl methyl sites for hydroxylation is 1. The first-order chi connectivity index (χ1) is 10.1. The fourth-order valence-electron chi connectivity index (χ4n) is 2.37. The minimum atomic E-state index is -0.984. The van der Waals surface area contributed by atoms with Gasteiger partial charge in [0.25, 0.3) is 0 Å². The molecule has 1 N–H and O–H groups in total. The first kappa shape index (κ1) is 13.3. The largest absolute Gasteiger partial charge is 0.478 e. The van der Waals surface area contributed by atoms with Crippen molar-refractivity contribution >= 4 is 17.0 Å². The van der Waals surface area contributed by atoms with Gasteiger partial charge in [0.2, 0.25) is 0 Å². The minimum Gasteiger partial charge on any atom is -0.478 e. The van der Waals surface area contributed by atoms with Crippen molar-refractivity contribution in [1.82, 2.24) is 9.55 Å². The Morgan fingerprint density at radius 2 is 1.95 bits per heavy atom. The molecule has 0 saturated carbocycles. The third-order valence-corrected chi connectivity index (χ3v) is 3.37. The smallest absolute Gasteiger partial charge is 0.335 e. The van der Waals surface area contributed by atoms with Crippen LogP contribution in [0.4, 0.5) is 4.39 Å².